The number of aliphatic hydroxyl groups is 1. The molecule has 0 aromatic rings. The SMILES string of the molecule is CCC/C=C\CCCCCCCCOCC(CO)OC(=O)CCCCCCCCCCC/C=C\CCCCCCCC. The van der Waals surface area contributed by atoms with Crippen LogP contribution in [0.15, 0.2) is 24.3 Å². The average molecular weight is 593 g/mol. The largest absolute Gasteiger partial charge is 0.457 e. The molecule has 0 heterocycles. The van der Waals surface area contributed by atoms with E-state index in [2.05, 4.69) is 38.2 Å². The first-order chi connectivity index (χ1) is 20.7. The lowest BCUT2D eigenvalue weighted by molar-refractivity contribution is -0.154. The normalized spacial score (nSPS) is 12.5. The van der Waals surface area contributed by atoms with E-state index in [1.807, 2.05) is 0 Å². The van der Waals surface area contributed by atoms with Crippen molar-refractivity contribution in [1.29, 1.82) is 0 Å². The van der Waals surface area contributed by atoms with Gasteiger partial charge in [-0.3, -0.25) is 4.79 Å². The van der Waals surface area contributed by atoms with Crippen molar-refractivity contribution >= 4 is 5.97 Å². The summed E-state index contributed by atoms with van der Waals surface area (Å²) in [7, 11) is 0. The molecule has 4 nitrogen and oxygen atoms in total. The molecule has 0 spiro atoms. The molecule has 0 saturated carbocycles. The Bertz CT molecular complexity index is 586. The topological polar surface area (TPSA) is 55.8 Å². The van der Waals surface area contributed by atoms with Crippen molar-refractivity contribution in [2.75, 3.05) is 19.8 Å². The van der Waals surface area contributed by atoms with E-state index in [0.29, 0.717) is 19.6 Å². The van der Waals surface area contributed by atoms with Crippen LogP contribution >= 0.6 is 0 Å². The van der Waals surface area contributed by atoms with Crippen LogP contribution in [0.2, 0.25) is 0 Å². The number of esters is 1. The van der Waals surface area contributed by atoms with E-state index in [-0.39, 0.29) is 12.6 Å². The van der Waals surface area contributed by atoms with Crippen LogP contribution in [0.5, 0.6) is 0 Å². The van der Waals surface area contributed by atoms with Crippen LogP contribution in [0.3, 0.4) is 0 Å². The lowest BCUT2D eigenvalue weighted by Gasteiger charge is -2.15. The van der Waals surface area contributed by atoms with E-state index in [1.54, 1.807) is 0 Å². The molecule has 0 bridgehead atoms. The fraction of sp³-hybridized carbons (Fsp3) is 0.868. The fourth-order valence-corrected chi connectivity index (χ4v) is 5.21. The Kier molecular flexibility index (Phi) is 35.1. The van der Waals surface area contributed by atoms with Gasteiger partial charge in [0, 0.05) is 13.0 Å². The minimum Gasteiger partial charge on any atom is -0.457 e. The number of carbonyl (C=O) groups is 1. The fourth-order valence-electron chi connectivity index (χ4n) is 5.21. The van der Waals surface area contributed by atoms with Crippen molar-refractivity contribution < 1.29 is 19.4 Å². The van der Waals surface area contributed by atoms with Gasteiger partial charge in [-0.2, -0.15) is 0 Å². The summed E-state index contributed by atoms with van der Waals surface area (Å²) in [6, 6.07) is 0. The summed E-state index contributed by atoms with van der Waals surface area (Å²) in [4.78, 5) is 12.1. The number of rotatable bonds is 34. The summed E-state index contributed by atoms with van der Waals surface area (Å²) >= 11 is 0. The Labute approximate surface area is 262 Å². The molecule has 0 rings (SSSR count). The minimum absolute atomic E-state index is 0.173. The van der Waals surface area contributed by atoms with Crippen LogP contribution in [0.4, 0.5) is 0 Å². The van der Waals surface area contributed by atoms with E-state index < -0.39 is 6.10 Å². The highest BCUT2D eigenvalue weighted by Crippen LogP contribution is 2.13. The van der Waals surface area contributed by atoms with Gasteiger partial charge >= 0.3 is 5.97 Å². The van der Waals surface area contributed by atoms with Gasteiger partial charge in [0.1, 0.15) is 6.10 Å². The summed E-state index contributed by atoms with van der Waals surface area (Å²) in [5.41, 5.74) is 0. The molecule has 0 aliphatic heterocycles. The molecule has 248 valence electrons. The van der Waals surface area contributed by atoms with Gasteiger partial charge in [0.15, 0.2) is 0 Å². The van der Waals surface area contributed by atoms with Gasteiger partial charge in [0.2, 0.25) is 0 Å². The first kappa shape index (κ1) is 40.9. The molecule has 42 heavy (non-hydrogen) atoms. The first-order valence-corrected chi connectivity index (χ1v) is 18.4. The highest BCUT2D eigenvalue weighted by atomic mass is 16.6. The van der Waals surface area contributed by atoms with Gasteiger partial charge in [0.25, 0.3) is 0 Å². The van der Waals surface area contributed by atoms with Crippen LogP contribution in [0, 0.1) is 0 Å². The minimum atomic E-state index is -0.533. The Morgan fingerprint density at radius 1 is 0.548 bits per heavy atom. The number of allylic oxidation sites excluding steroid dienone is 4. The molecule has 0 amide bonds. The molecular weight excluding hydrogens is 520 g/mol. The zero-order valence-corrected chi connectivity index (χ0v) is 28.3. The van der Waals surface area contributed by atoms with Crippen LogP contribution in [0.25, 0.3) is 0 Å². The molecule has 0 radical (unpaired) electrons. The van der Waals surface area contributed by atoms with Crippen molar-refractivity contribution in [3.8, 4) is 0 Å². The van der Waals surface area contributed by atoms with Crippen molar-refractivity contribution in [2.24, 2.45) is 0 Å². The number of aliphatic hydroxyl groups excluding tert-OH is 1. The molecular formula is C38H72O4. The zero-order valence-electron chi connectivity index (χ0n) is 28.3. The number of hydrogen-bond donors (Lipinski definition) is 1. The predicted molar refractivity (Wildman–Crippen MR) is 182 cm³/mol. The van der Waals surface area contributed by atoms with Crippen LogP contribution in [0.1, 0.15) is 187 Å². The highest BCUT2D eigenvalue weighted by Gasteiger charge is 2.13. The third kappa shape index (κ3) is 33.4. The maximum atomic E-state index is 12.1. The standard InChI is InChI=1S/C38H72O4/c1-3-5-7-9-11-13-15-16-17-18-19-20-21-22-23-25-27-29-31-33-38(40)42-37(35-39)36-41-34-32-30-28-26-24-14-12-10-8-6-4-2/h8,10,16-17,37,39H,3-7,9,11-15,18-36H2,1-2H3/b10-8-,17-16-. The van der Waals surface area contributed by atoms with Crippen molar-refractivity contribution in [1.82, 2.24) is 0 Å². The van der Waals surface area contributed by atoms with Gasteiger partial charge in [-0.25, -0.2) is 0 Å². The van der Waals surface area contributed by atoms with Gasteiger partial charge in [-0.15, -0.1) is 0 Å². The summed E-state index contributed by atoms with van der Waals surface area (Å²) in [5.74, 6) is -0.205. The monoisotopic (exact) mass is 593 g/mol. The molecule has 1 atom stereocenters. The maximum absolute atomic E-state index is 12.1. The van der Waals surface area contributed by atoms with Gasteiger partial charge < -0.3 is 14.6 Å². The summed E-state index contributed by atoms with van der Waals surface area (Å²) in [6.07, 6.45) is 42.2. The quantitative estimate of drug-likeness (QED) is 0.0459. The third-order valence-corrected chi connectivity index (χ3v) is 7.98. The molecule has 1 unspecified atom stereocenters. The molecule has 0 aliphatic rings. The number of carbonyl (C=O) groups excluding carboxylic acids is 1. The summed E-state index contributed by atoms with van der Waals surface area (Å²) < 4.78 is 11.1. The molecule has 0 aromatic carbocycles. The van der Waals surface area contributed by atoms with Gasteiger partial charge in [-0.1, -0.05) is 147 Å². The maximum Gasteiger partial charge on any atom is 0.306 e. The van der Waals surface area contributed by atoms with E-state index in [4.69, 9.17) is 9.47 Å². The molecule has 0 saturated heterocycles. The Hall–Kier alpha value is -1.13. The van der Waals surface area contributed by atoms with E-state index in [0.717, 1.165) is 19.3 Å². The Balaban J connectivity index is 3.42. The van der Waals surface area contributed by atoms with Crippen LogP contribution in [-0.2, 0) is 14.3 Å². The first-order valence-electron chi connectivity index (χ1n) is 18.4. The van der Waals surface area contributed by atoms with E-state index >= 15 is 0 Å². The second-order valence-electron chi connectivity index (χ2n) is 12.3. The Morgan fingerprint density at radius 2 is 0.976 bits per heavy atom. The third-order valence-electron chi connectivity index (χ3n) is 7.98. The summed E-state index contributed by atoms with van der Waals surface area (Å²) in [6.45, 7) is 5.28. The second-order valence-corrected chi connectivity index (χ2v) is 12.3. The molecule has 4 heteroatoms. The number of ether oxygens (including phenoxy) is 2. The van der Waals surface area contributed by atoms with Crippen molar-refractivity contribution in [3.05, 3.63) is 24.3 Å². The molecule has 1 N–H and O–H groups in total. The number of unbranched alkanes of at least 4 members (excludes halogenated alkanes) is 22. The van der Waals surface area contributed by atoms with Crippen LogP contribution < -0.4 is 0 Å². The number of hydrogen-bond acceptors (Lipinski definition) is 4. The van der Waals surface area contributed by atoms with Crippen molar-refractivity contribution in [2.45, 2.75) is 193 Å². The molecule has 0 aliphatic carbocycles. The molecule has 0 aromatic heterocycles. The van der Waals surface area contributed by atoms with E-state index in [1.165, 1.54) is 148 Å². The predicted octanol–water partition coefficient (Wildman–Crippen LogP) is 11.6. The van der Waals surface area contributed by atoms with Crippen molar-refractivity contribution in [3.63, 3.8) is 0 Å². The van der Waals surface area contributed by atoms with Gasteiger partial charge in [0.05, 0.1) is 13.2 Å². The lowest BCUT2D eigenvalue weighted by Crippen LogP contribution is -2.27. The van der Waals surface area contributed by atoms with Crippen LogP contribution in [-0.4, -0.2) is 37.0 Å². The smallest absolute Gasteiger partial charge is 0.306 e. The average Bonchev–Trinajstić information content (AvgIpc) is 3.00. The van der Waals surface area contributed by atoms with E-state index in [9.17, 15) is 9.90 Å². The lowest BCUT2D eigenvalue weighted by atomic mass is 10.1. The zero-order chi connectivity index (χ0) is 30.6. The summed E-state index contributed by atoms with van der Waals surface area (Å²) in [5, 5.41) is 9.54. The second kappa shape index (κ2) is 36.1. The highest BCUT2D eigenvalue weighted by molar-refractivity contribution is 5.69. The van der Waals surface area contributed by atoms with Gasteiger partial charge in [-0.05, 0) is 57.8 Å². The molecule has 0 fully saturated rings. The Morgan fingerprint density at radius 3 is 1.45 bits per heavy atom.